The van der Waals surface area contributed by atoms with Crippen molar-refractivity contribution in [2.75, 3.05) is 18.5 Å². The van der Waals surface area contributed by atoms with E-state index in [0.717, 1.165) is 23.0 Å². The lowest BCUT2D eigenvalue weighted by atomic mass is 10.2. The summed E-state index contributed by atoms with van der Waals surface area (Å²) < 4.78 is 0.0471. The van der Waals surface area contributed by atoms with Crippen LogP contribution >= 0.6 is 11.8 Å². The van der Waals surface area contributed by atoms with Gasteiger partial charge in [0.05, 0.1) is 12.2 Å². The van der Waals surface area contributed by atoms with Crippen LogP contribution in [0.25, 0.3) is 0 Å². The summed E-state index contributed by atoms with van der Waals surface area (Å²) in [5, 5.41) is 3.44. The average Bonchev–Trinajstić information content (AvgIpc) is 2.69. The molecular formula is C14H19N3OS. The maximum atomic E-state index is 12.1. The normalized spacial score (nSPS) is 16.9. The first-order valence-corrected chi connectivity index (χ1v) is 7.06. The maximum Gasteiger partial charge on any atom is 0.327 e. The molecule has 0 saturated carbocycles. The predicted octanol–water partition coefficient (Wildman–Crippen LogP) is 3.02. The molecule has 2 amide bonds. The molecule has 0 aliphatic carbocycles. The molecule has 0 fully saturated rings. The Morgan fingerprint density at radius 3 is 2.74 bits per heavy atom. The zero-order valence-corrected chi connectivity index (χ0v) is 12.5. The van der Waals surface area contributed by atoms with Crippen LogP contribution in [0.3, 0.4) is 0 Å². The number of aliphatic imine (C=N–C) groups is 1. The molecule has 1 aromatic carbocycles. The van der Waals surface area contributed by atoms with Gasteiger partial charge in [0, 0.05) is 11.8 Å². The van der Waals surface area contributed by atoms with E-state index < -0.39 is 0 Å². The minimum Gasteiger partial charge on any atom is -0.340 e. The number of nitrogens with zero attached hydrogens (tertiary/aromatic N) is 2. The Balaban J connectivity index is 2.35. The second-order valence-electron chi connectivity index (χ2n) is 5.19. The van der Waals surface area contributed by atoms with Crippen LogP contribution < -0.4 is 10.2 Å². The molecule has 0 saturated heterocycles. The van der Waals surface area contributed by atoms with Crippen LogP contribution in [0.1, 0.15) is 19.4 Å². The van der Waals surface area contributed by atoms with Gasteiger partial charge in [-0.05, 0) is 38.5 Å². The Labute approximate surface area is 118 Å². The molecule has 1 heterocycles. The highest BCUT2D eigenvalue weighted by Crippen LogP contribution is 2.35. The van der Waals surface area contributed by atoms with E-state index >= 15 is 0 Å². The van der Waals surface area contributed by atoms with Crippen LogP contribution in [0.15, 0.2) is 29.3 Å². The van der Waals surface area contributed by atoms with Gasteiger partial charge >= 0.3 is 6.03 Å². The molecule has 5 heteroatoms. The third-order valence-corrected chi connectivity index (χ3v) is 4.01. The van der Waals surface area contributed by atoms with Gasteiger partial charge in [-0.15, -0.1) is 0 Å². The monoisotopic (exact) mass is 277 g/mol. The van der Waals surface area contributed by atoms with Crippen LogP contribution in [0, 0.1) is 6.92 Å². The molecule has 4 nitrogen and oxygen atoms in total. The number of aryl methyl sites for hydroxylation is 1. The molecule has 19 heavy (non-hydrogen) atoms. The van der Waals surface area contributed by atoms with Gasteiger partial charge in [0.25, 0.3) is 0 Å². The van der Waals surface area contributed by atoms with Crippen LogP contribution in [-0.2, 0) is 0 Å². The molecule has 1 aliphatic rings. The molecule has 2 rings (SSSR count). The lowest BCUT2D eigenvalue weighted by Crippen LogP contribution is -2.41. The van der Waals surface area contributed by atoms with Crippen molar-refractivity contribution < 1.29 is 4.79 Å². The summed E-state index contributed by atoms with van der Waals surface area (Å²) >= 11 is 1.64. The average molecular weight is 277 g/mol. The topological polar surface area (TPSA) is 44.7 Å². The fourth-order valence-electron chi connectivity index (χ4n) is 1.88. The molecule has 0 spiro atoms. The highest BCUT2D eigenvalue weighted by Gasteiger charge is 2.33. The number of amides is 2. The van der Waals surface area contributed by atoms with E-state index in [2.05, 4.69) is 24.2 Å². The van der Waals surface area contributed by atoms with Crippen LogP contribution in [-0.4, -0.2) is 29.5 Å². The lowest BCUT2D eigenvalue weighted by Gasteiger charge is -2.23. The number of hydrogen-bond acceptors (Lipinski definition) is 3. The van der Waals surface area contributed by atoms with Crippen molar-refractivity contribution in [3.63, 3.8) is 0 Å². The number of anilines is 1. The van der Waals surface area contributed by atoms with E-state index in [-0.39, 0.29) is 10.8 Å². The van der Waals surface area contributed by atoms with Crippen molar-refractivity contribution in [3.8, 4) is 0 Å². The van der Waals surface area contributed by atoms with Gasteiger partial charge in [-0.2, -0.15) is 0 Å². The van der Waals surface area contributed by atoms with Crippen LogP contribution in [0.4, 0.5) is 10.5 Å². The van der Waals surface area contributed by atoms with Gasteiger partial charge in [0.2, 0.25) is 0 Å². The molecule has 0 aromatic heterocycles. The first kappa shape index (κ1) is 13.9. The van der Waals surface area contributed by atoms with Crippen LogP contribution in [0.2, 0.25) is 0 Å². The SMILES string of the molecule is CNC(=O)N(C1=NCC(C)(C)S1)c1cccc(C)c1. The zero-order valence-electron chi connectivity index (χ0n) is 11.7. The van der Waals surface area contributed by atoms with E-state index in [1.807, 2.05) is 31.2 Å². The first-order chi connectivity index (χ1) is 8.93. The highest BCUT2D eigenvalue weighted by molar-refractivity contribution is 8.15. The number of hydrogen-bond donors (Lipinski definition) is 1. The van der Waals surface area contributed by atoms with E-state index in [9.17, 15) is 4.79 Å². The summed E-state index contributed by atoms with van der Waals surface area (Å²) in [5.74, 6) is 0. The molecule has 1 aliphatic heterocycles. The van der Waals surface area contributed by atoms with E-state index in [0.29, 0.717) is 0 Å². The number of thioether (sulfide) groups is 1. The smallest absolute Gasteiger partial charge is 0.327 e. The number of nitrogens with one attached hydrogen (secondary N) is 1. The van der Waals surface area contributed by atoms with Gasteiger partial charge < -0.3 is 5.32 Å². The largest absolute Gasteiger partial charge is 0.340 e. The Morgan fingerprint density at radius 2 is 2.21 bits per heavy atom. The predicted molar refractivity (Wildman–Crippen MR) is 82.1 cm³/mol. The minimum atomic E-state index is -0.158. The summed E-state index contributed by atoms with van der Waals surface area (Å²) in [6, 6.07) is 7.72. The third-order valence-electron chi connectivity index (χ3n) is 2.83. The van der Waals surface area contributed by atoms with Crippen molar-refractivity contribution >= 4 is 28.6 Å². The molecule has 0 bridgehead atoms. The van der Waals surface area contributed by atoms with Crippen molar-refractivity contribution in [3.05, 3.63) is 29.8 Å². The second-order valence-corrected chi connectivity index (χ2v) is 6.86. The summed E-state index contributed by atoms with van der Waals surface area (Å²) in [6.07, 6.45) is 0. The third kappa shape index (κ3) is 3.10. The lowest BCUT2D eigenvalue weighted by molar-refractivity contribution is 0.251. The van der Waals surface area contributed by atoms with Gasteiger partial charge in [-0.1, -0.05) is 23.9 Å². The van der Waals surface area contributed by atoms with Crippen LogP contribution in [0.5, 0.6) is 0 Å². The summed E-state index contributed by atoms with van der Waals surface area (Å²) in [5.41, 5.74) is 1.97. The number of carbonyl (C=O) groups is 1. The molecule has 1 aromatic rings. The van der Waals surface area contributed by atoms with Gasteiger partial charge in [-0.25, -0.2) is 9.69 Å². The van der Waals surface area contributed by atoms with Crippen molar-refractivity contribution in [2.45, 2.75) is 25.5 Å². The van der Waals surface area contributed by atoms with E-state index in [1.165, 1.54) is 0 Å². The standard InChI is InChI=1S/C14H19N3OS/c1-10-6-5-7-11(8-10)17(12(18)15-4)13-16-9-14(2,3)19-13/h5-8H,9H2,1-4H3,(H,15,18). The zero-order chi connectivity index (χ0) is 14.0. The van der Waals surface area contributed by atoms with Crippen molar-refractivity contribution in [1.82, 2.24) is 5.32 Å². The Kier molecular flexibility index (Phi) is 3.85. The summed E-state index contributed by atoms with van der Waals surface area (Å²) in [4.78, 5) is 18.3. The summed E-state index contributed by atoms with van der Waals surface area (Å²) in [7, 11) is 1.64. The van der Waals surface area contributed by atoms with Gasteiger partial charge in [0.1, 0.15) is 0 Å². The van der Waals surface area contributed by atoms with Gasteiger partial charge in [-0.3, -0.25) is 4.99 Å². The Bertz CT molecular complexity index is 525. The first-order valence-electron chi connectivity index (χ1n) is 6.25. The Morgan fingerprint density at radius 1 is 1.47 bits per heavy atom. The van der Waals surface area contributed by atoms with E-state index in [1.54, 1.807) is 23.7 Å². The molecule has 0 atom stereocenters. The highest BCUT2D eigenvalue weighted by atomic mass is 32.2. The number of urea groups is 1. The molecule has 1 N–H and O–H groups in total. The number of carbonyl (C=O) groups excluding carboxylic acids is 1. The fraction of sp³-hybridized carbons (Fsp3) is 0.429. The Hall–Kier alpha value is -1.49. The number of benzene rings is 1. The second kappa shape index (κ2) is 5.25. The van der Waals surface area contributed by atoms with Crippen molar-refractivity contribution in [2.24, 2.45) is 4.99 Å². The van der Waals surface area contributed by atoms with E-state index in [4.69, 9.17) is 0 Å². The van der Waals surface area contributed by atoms with Crippen molar-refractivity contribution in [1.29, 1.82) is 0 Å². The number of rotatable bonds is 1. The minimum absolute atomic E-state index is 0.0471. The fourth-order valence-corrected chi connectivity index (χ4v) is 2.91. The molecule has 102 valence electrons. The molecular weight excluding hydrogens is 258 g/mol. The van der Waals surface area contributed by atoms with Gasteiger partial charge in [0.15, 0.2) is 5.17 Å². The molecule has 0 unspecified atom stereocenters. The summed E-state index contributed by atoms with van der Waals surface area (Å²) in [6.45, 7) is 7.00. The maximum absolute atomic E-state index is 12.1. The number of amidine groups is 1. The quantitative estimate of drug-likeness (QED) is 0.857. The molecule has 0 radical (unpaired) electrons.